The average molecular weight is 367 g/mol. The first-order valence-corrected chi connectivity index (χ1v) is 8.49. The molecule has 0 fully saturated rings. The van der Waals surface area contributed by atoms with Gasteiger partial charge in [-0.1, -0.05) is 27.7 Å². The quantitative estimate of drug-likeness (QED) is 0.786. The molecule has 1 aromatic rings. The van der Waals surface area contributed by atoms with Crippen LogP contribution in [0.4, 0.5) is 10.1 Å². The van der Waals surface area contributed by atoms with E-state index in [9.17, 15) is 12.8 Å². The van der Waals surface area contributed by atoms with E-state index < -0.39 is 15.8 Å². The van der Waals surface area contributed by atoms with Gasteiger partial charge in [-0.3, -0.25) is 0 Å². The summed E-state index contributed by atoms with van der Waals surface area (Å²) in [6.07, 6.45) is 0. The van der Waals surface area contributed by atoms with E-state index in [1.165, 1.54) is 0 Å². The summed E-state index contributed by atoms with van der Waals surface area (Å²) in [5, 5.41) is 0. The first kappa shape index (κ1) is 17.4. The van der Waals surface area contributed by atoms with E-state index in [4.69, 9.17) is 5.73 Å². The van der Waals surface area contributed by atoms with Crippen molar-refractivity contribution in [3.8, 4) is 0 Å². The van der Waals surface area contributed by atoms with Crippen molar-refractivity contribution in [2.45, 2.75) is 32.6 Å². The van der Waals surface area contributed by atoms with Crippen molar-refractivity contribution in [1.29, 1.82) is 0 Å². The number of sulfonamides is 1. The highest BCUT2D eigenvalue weighted by atomic mass is 79.9. The van der Waals surface area contributed by atoms with Crippen LogP contribution in [0.25, 0.3) is 0 Å². The molecule has 3 N–H and O–H groups in total. The fourth-order valence-corrected chi connectivity index (χ4v) is 3.58. The number of halogens is 2. The van der Waals surface area contributed by atoms with Gasteiger partial charge in [0, 0.05) is 11.0 Å². The molecule has 0 saturated heterocycles. The molecule has 0 heterocycles. The van der Waals surface area contributed by atoms with Crippen molar-refractivity contribution >= 4 is 31.6 Å². The Hall–Kier alpha value is -0.660. The number of nitrogen functional groups attached to an aromatic ring is 1. The maximum atomic E-state index is 13.3. The summed E-state index contributed by atoms with van der Waals surface area (Å²) < 4.78 is 40.5. The molecule has 0 saturated carbocycles. The van der Waals surface area contributed by atoms with Crippen LogP contribution in [0, 0.1) is 17.2 Å². The molecule has 0 aliphatic heterocycles. The molecule has 114 valence electrons. The highest BCUT2D eigenvalue weighted by molar-refractivity contribution is 9.10. The maximum Gasteiger partial charge on any atom is 0.241 e. The monoisotopic (exact) mass is 366 g/mol. The Kier molecular flexibility index (Phi) is 5.21. The van der Waals surface area contributed by atoms with Crippen molar-refractivity contribution in [3.63, 3.8) is 0 Å². The predicted octanol–water partition coefficient (Wildman–Crippen LogP) is 3.13. The smallest absolute Gasteiger partial charge is 0.241 e. The molecule has 0 bridgehead atoms. The molecule has 0 radical (unpaired) electrons. The Morgan fingerprint density at radius 3 is 2.45 bits per heavy atom. The second kappa shape index (κ2) is 5.99. The summed E-state index contributed by atoms with van der Waals surface area (Å²) in [5.74, 6) is -0.342. The lowest BCUT2D eigenvalue weighted by atomic mass is 9.81. The molecule has 0 amide bonds. The molecular weight excluding hydrogens is 347 g/mol. The molecule has 1 rings (SSSR count). The summed E-state index contributed by atoms with van der Waals surface area (Å²) in [7, 11) is -3.74. The van der Waals surface area contributed by atoms with Crippen molar-refractivity contribution in [2.75, 3.05) is 12.3 Å². The lowest BCUT2D eigenvalue weighted by molar-refractivity contribution is 0.252. The predicted molar refractivity (Wildman–Crippen MR) is 82.3 cm³/mol. The van der Waals surface area contributed by atoms with Gasteiger partial charge in [-0.15, -0.1) is 0 Å². The molecule has 0 spiro atoms. The topological polar surface area (TPSA) is 72.2 Å². The number of nitrogens with one attached hydrogen (secondary N) is 1. The van der Waals surface area contributed by atoms with Crippen LogP contribution in [-0.2, 0) is 10.0 Å². The molecule has 7 heteroatoms. The Labute approximate surface area is 128 Å². The number of hydrogen-bond donors (Lipinski definition) is 2. The van der Waals surface area contributed by atoms with Crippen LogP contribution in [0.15, 0.2) is 21.5 Å². The number of anilines is 1. The third kappa shape index (κ3) is 3.93. The van der Waals surface area contributed by atoms with Crippen LogP contribution >= 0.6 is 15.9 Å². The maximum absolute atomic E-state index is 13.3. The minimum absolute atomic E-state index is 0.0593. The fourth-order valence-electron chi connectivity index (χ4n) is 1.31. The first-order valence-electron chi connectivity index (χ1n) is 6.21. The Morgan fingerprint density at radius 2 is 1.95 bits per heavy atom. The Bertz CT molecular complexity index is 601. The molecule has 0 atom stereocenters. The van der Waals surface area contributed by atoms with Crippen LogP contribution in [0.1, 0.15) is 27.7 Å². The average Bonchev–Trinajstić information content (AvgIpc) is 2.31. The van der Waals surface area contributed by atoms with Gasteiger partial charge in [-0.05, 0) is 39.4 Å². The van der Waals surface area contributed by atoms with Crippen LogP contribution in [-0.4, -0.2) is 15.0 Å². The molecule has 0 aromatic heterocycles. The number of rotatable bonds is 5. The van der Waals surface area contributed by atoms with Gasteiger partial charge in [0.15, 0.2) is 0 Å². The van der Waals surface area contributed by atoms with Gasteiger partial charge >= 0.3 is 0 Å². The van der Waals surface area contributed by atoms with Crippen LogP contribution in [0.2, 0.25) is 0 Å². The summed E-state index contributed by atoms with van der Waals surface area (Å²) in [6.45, 7) is 8.30. The van der Waals surface area contributed by atoms with Crippen molar-refractivity contribution < 1.29 is 12.8 Å². The van der Waals surface area contributed by atoms with E-state index >= 15 is 0 Å². The third-order valence-electron chi connectivity index (χ3n) is 3.62. The van der Waals surface area contributed by atoms with Crippen molar-refractivity contribution in [2.24, 2.45) is 11.3 Å². The van der Waals surface area contributed by atoms with E-state index in [-0.39, 0.29) is 27.0 Å². The Balaban J connectivity index is 3.04. The highest BCUT2D eigenvalue weighted by Crippen LogP contribution is 2.29. The van der Waals surface area contributed by atoms with Gasteiger partial charge in [0.05, 0.1) is 10.6 Å². The van der Waals surface area contributed by atoms with Gasteiger partial charge in [-0.2, -0.15) is 0 Å². The molecule has 0 aliphatic carbocycles. The van der Waals surface area contributed by atoms with E-state index in [0.29, 0.717) is 5.92 Å². The van der Waals surface area contributed by atoms with Crippen molar-refractivity contribution in [1.82, 2.24) is 4.72 Å². The SMILES string of the molecule is CC(C)C(C)(C)CNS(=O)(=O)c1cc(N)c(F)cc1Br. The number of hydrogen-bond acceptors (Lipinski definition) is 3. The highest BCUT2D eigenvalue weighted by Gasteiger charge is 2.26. The molecule has 4 nitrogen and oxygen atoms in total. The van der Waals surface area contributed by atoms with Gasteiger partial charge in [0.25, 0.3) is 0 Å². The molecule has 20 heavy (non-hydrogen) atoms. The van der Waals surface area contributed by atoms with E-state index in [0.717, 1.165) is 12.1 Å². The third-order valence-corrected chi connectivity index (χ3v) is 5.98. The van der Waals surface area contributed by atoms with Gasteiger partial charge in [0.2, 0.25) is 10.0 Å². The summed E-state index contributed by atoms with van der Waals surface area (Å²) in [6, 6.07) is 2.17. The first-order chi connectivity index (χ1) is 8.97. The summed E-state index contributed by atoms with van der Waals surface area (Å²) in [4.78, 5) is -0.0593. The van der Waals surface area contributed by atoms with E-state index in [1.807, 2.05) is 27.7 Å². The lowest BCUT2D eigenvalue weighted by Crippen LogP contribution is -2.37. The van der Waals surface area contributed by atoms with Gasteiger partial charge < -0.3 is 5.73 Å². The minimum Gasteiger partial charge on any atom is -0.396 e. The van der Waals surface area contributed by atoms with Crippen LogP contribution in [0.3, 0.4) is 0 Å². The Morgan fingerprint density at radius 1 is 1.40 bits per heavy atom. The lowest BCUT2D eigenvalue weighted by Gasteiger charge is -2.29. The van der Waals surface area contributed by atoms with Gasteiger partial charge in [-0.25, -0.2) is 17.5 Å². The summed E-state index contributed by atoms with van der Waals surface area (Å²) in [5.41, 5.74) is 5.04. The van der Waals surface area contributed by atoms with Crippen molar-refractivity contribution in [3.05, 3.63) is 22.4 Å². The van der Waals surface area contributed by atoms with E-state index in [1.54, 1.807) is 0 Å². The zero-order valence-corrected chi connectivity index (χ0v) is 14.4. The number of nitrogens with two attached hydrogens (primary N) is 1. The fraction of sp³-hybridized carbons (Fsp3) is 0.538. The second-order valence-electron chi connectivity index (χ2n) is 5.77. The molecular formula is C13H20BrFN2O2S. The van der Waals surface area contributed by atoms with E-state index in [2.05, 4.69) is 20.7 Å². The minimum atomic E-state index is -3.74. The largest absolute Gasteiger partial charge is 0.396 e. The molecule has 1 aromatic carbocycles. The zero-order chi connectivity index (χ0) is 15.7. The van der Waals surface area contributed by atoms with Gasteiger partial charge in [0.1, 0.15) is 5.82 Å². The van der Waals surface area contributed by atoms with Crippen LogP contribution < -0.4 is 10.5 Å². The second-order valence-corrected chi connectivity index (χ2v) is 8.36. The molecule has 0 unspecified atom stereocenters. The standard InChI is InChI=1S/C13H20BrFN2O2S/c1-8(2)13(3,4)7-17-20(18,19)12-6-11(16)10(15)5-9(12)14/h5-6,8,17H,7,16H2,1-4H3. The number of benzene rings is 1. The normalized spacial score (nSPS) is 12.9. The molecule has 0 aliphatic rings. The van der Waals surface area contributed by atoms with Crippen LogP contribution in [0.5, 0.6) is 0 Å². The summed E-state index contributed by atoms with van der Waals surface area (Å²) >= 11 is 3.05. The zero-order valence-electron chi connectivity index (χ0n) is 12.0.